The number of amides is 1. The molecule has 0 fully saturated rings. The van der Waals surface area contributed by atoms with Crippen molar-refractivity contribution in [3.63, 3.8) is 0 Å². The topological polar surface area (TPSA) is 72.7 Å². The summed E-state index contributed by atoms with van der Waals surface area (Å²) in [4.78, 5) is 17.3. The highest BCUT2D eigenvalue weighted by Crippen LogP contribution is 2.27. The van der Waals surface area contributed by atoms with Crippen molar-refractivity contribution in [2.45, 2.75) is 31.1 Å². The van der Waals surface area contributed by atoms with E-state index in [1.807, 2.05) is 55.5 Å². The zero-order chi connectivity index (χ0) is 23.3. The summed E-state index contributed by atoms with van der Waals surface area (Å²) in [5.41, 5.74) is 5.02. The van der Waals surface area contributed by atoms with Crippen LogP contribution in [-0.4, -0.2) is 31.4 Å². The lowest BCUT2D eigenvalue weighted by atomic mass is 10.1. The fourth-order valence-electron chi connectivity index (χ4n) is 4.10. The van der Waals surface area contributed by atoms with E-state index in [9.17, 15) is 4.79 Å². The van der Waals surface area contributed by atoms with Gasteiger partial charge in [0, 0.05) is 11.9 Å². The first kappa shape index (κ1) is 22.1. The fraction of sp³-hybridized carbons (Fsp3) is 0.185. The van der Waals surface area contributed by atoms with Crippen LogP contribution in [0, 0.1) is 0 Å². The summed E-state index contributed by atoms with van der Waals surface area (Å²) in [6, 6.07) is 28.5. The quantitative estimate of drug-likeness (QED) is 0.318. The van der Waals surface area contributed by atoms with Crippen LogP contribution in [0.2, 0.25) is 0 Å². The lowest BCUT2D eigenvalue weighted by Crippen LogP contribution is -2.28. The number of nitrogens with one attached hydrogen (secondary N) is 1. The van der Waals surface area contributed by atoms with Crippen LogP contribution in [0.1, 0.15) is 24.1 Å². The molecule has 6 nitrogen and oxygen atoms in total. The highest BCUT2D eigenvalue weighted by Gasteiger charge is 2.16. The number of hydrogen-bond donors (Lipinski definition) is 1. The maximum absolute atomic E-state index is 12.5. The van der Waals surface area contributed by atoms with E-state index in [1.165, 1.54) is 17.3 Å². The Morgan fingerprint density at radius 3 is 2.44 bits per heavy atom. The number of benzene rings is 3. The van der Waals surface area contributed by atoms with Gasteiger partial charge in [-0.05, 0) is 30.5 Å². The SMILES string of the molecule is CC(NC(=O)CSc1nnc2c3ccccc3n(CCc3ccccc3)c2n1)c1ccccc1. The molecule has 2 aromatic heterocycles. The maximum atomic E-state index is 12.5. The van der Waals surface area contributed by atoms with Gasteiger partial charge in [0.2, 0.25) is 11.1 Å². The van der Waals surface area contributed by atoms with Gasteiger partial charge in [-0.15, -0.1) is 10.2 Å². The third kappa shape index (κ3) is 4.79. The second-order valence-electron chi connectivity index (χ2n) is 8.16. The minimum Gasteiger partial charge on any atom is -0.349 e. The molecule has 7 heteroatoms. The molecule has 0 aliphatic heterocycles. The molecule has 3 aromatic carbocycles. The van der Waals surface area contributed by atoms with Crippen molar-refractivity contribution in [2.75, 3.05) is 5.75 Å². The normalized spacial score (nSPS) is 12.1. The van der Waals surface area contributed by atoms with Crippen molar-refractivity contribution >= 4 is 39.7 Å². The summed E-state index contributed by atoms with van der Waals surface area (Å²) in [5, 5.41) is 13.4. The Morgan fingerprint density at radius 2 is 1.65 bits per heavy atom. The standard InChI is InChI=1S/C27H25N5OS/c1-19(21-12-6-3-7-13-21)28-24(33)18-34-27-29-26-25(30-31-27)22-14-8-9-15-23(22)32(26)17-16-20-10-4-2-5-11-20/h2-15,19H,16-18H2,1H3,(H,28,33). The molecule has 0 saturated heterocycles. The number of rotatable bonds is 8. The van der Waals surface area contributed by atoms with E-state index < -0.39 is 0 Å². The summed E-state index contributed by atoms with van der Waals surface area (Å²) in [6.07, 6.45) is 0.890. The first-order valence-corrected chi connectivity index (χ1v) is 12.3. The van der Waals surface area contributed by atoms with Gasteiger partial charge in [0.05, 0.1) is 17.3 Å². The first-order chi connectivity index (χ1) is 16.7. The van der Waals surface area contributed by atoms with E-state index in [0.29, 0.717) is 5.16 Å². The summed E-state index contributed by atoms with van der Waals surface area (Å²) < 4.78 is 2.20. The van der Waals surface area contributed by atoms with Crippen LogP contribution in [0.4, 0.5) is 0 Å². The van der Waals surface area contributed by atoms with Gasteiger partial charge in [0.25, 0.3) is 0 Å². The van der Waals surface area contributed by atoms with Crippen LogP contribution in [0.3, 0.4) is 0 Å². The Kier molecular flexibility index (Phi) is 6.53. The number of hydrogen-bond acceptors (Lipinski definition) is 5. The lowest BCUT2D eigenvalue weighted by molar-refractivity contribution is -0.119. The maximum Gasteiger partial charge on any atom is 0.230 e. The Morgan fingerprint density at radius 1 is 0.941 bits per heavy atom. The third-order valence-corrected chi connectivity index (χ3v) is 6.67. The number of aromatic nitrogens is 4. The molecule has 0 saturated carbocycles. The summed E-state index contributed by atoms with van der Waals surface area (Å²) in [6.45, 7) is 2.76. The average Bonchev–Trinajstić information content (AvgIpc) is 3.20. The molecule has 0 radical (unpaired) electrons. The molecule has 1 amide bonds. The molecular weight excluding hydrogens is 442 g/mol. The van der Waals surface area contributed by atoms with Gasteiger partial charge in [-0.25, -0.2) is 4.98 Å². The zero-order valence-corrected chi connectivity index (χ0v) is 19.7. The molecule has 34 heavy (non-hydrogen) atoms. The Bertz CT molecular complexity index is 1420. The van der Waals surface area contributed by atoms with Crippen LogP contribution in [0.5, 0.6) is 0 Å². The van der Waals surface area contributed by atoms with E-state index in [-0.39, 0.29) is 17.7 Å². The van der Waals surface area contributed by atoms with Crippen molar-refractivity contribution in [1.82, 2.24) is 25.1 Å². The first-order valence-electron chi connectivity index (χ1n) is 11.3. The van der Waals surface area contributed by atoms with Crippen LogP contribution in [0.15, 0.2) is 90.1 Å². The second kappa shape index (κ2) is 10.1. The van der Waals surface area contributed by atoms with Crippen molar-refractivity contribution in [1.29, 1.82) is 0 Å². The smallest absolute Gasteiger partial charge is 0.230 e. The number of thioether (sulfide) groups is 1. The highest BCUT2D eigenvalue weighted by molar-refractivity contribution is 7.99. The van der Waals surface area contributed by atoms with Gasteiger partial charge in [-0.2, -0.15) is 0 Å². The molecule has 1 unspecified atom stereocenters. The van der Waals surface area contributed by atoms with Gasteiger partial charge in [-0.3, -0.25) is 4.79 Å². The zero-order valence-electron chi connectivity index (χ0n) is 18.9. The van der Waals surface area contributed by atoms with E-state index in [2.05, 4.69) is 56.5 Å². The molecule has 170 valence electrons. The van der Waals surface area contributed by atoms with Gasteiger partial charge >= 0.3 is 0 Å². The number of fused-ring (bicyclic) bond motifs is 3. The number of aryl methyl sites for hydroxylation is 2. The monoisotopic (exact) mass is 467 g/mol. The van der Waals surface area contributed by atoms with Gasteiger partial charge < -0.3 is 9.88 Å². The molecule has 5 rings (SSSR count). The molecule has 0 aliphatic rings. The molecule has 2 heterocycles. The summed E-state index contributed by atoms with van der Waals surface area (Å²) >= 11 is 1.30. The Balaban J connectivity index is 1.34. The van der Waals surface area contributed by atoms with Crippen LogP contribution in [-0.2, 0) is 17.8 Å². The van der Waals surface area contributed by atoms with Gasteiger partial charge in [-0.1, -0.05) is 90.6 Å². The van der Waals surface area contributed by atoms with Crippen molar-refractivity contribution in [3.05, 3.63) is 96.1 Å². The number of para-hydroxylation sites is 1. The van der Waals surface area contributed by atoms with Crippen molar-refractivity contribution in [2.24, 2.45) is 0 Å². The molecular formula is C27H25N5OS. The van der Waals surface area contributed by atoms with Crippen LogP contribution >= 0.6 is 11.8 Å². The van der Waals surface area contributed by atoms with Crippen molar-refractivity contribution < 1.29 is 4.79 Å². The van der Waals surface area contributed by atoms with Gasteiger partial charge in [0.15, 0.2) is 5.65 Å². The number of carbonyl (C=O) groups excluding carboxylic acids is 1. The minimum absolute atomic E-state index is 0.0589. The minimum atomic E-state index is -0.0605. The number of nitrogens with zero attached hydrogens (tertiary/aromatic N) is 4. The third-order valence-electron chi connectivity index (χ3n) is 5.83. The average molecular weight is 468 g/mol. The predicted molar refractivity (Wildman–Crippen MR) is 137 cm³/mol. The van der Waals surface area contributed by atoms with E-state index in [4.69, 9.17) is 4.98 Å². The van der Waals surface area contributed by atoms with E-state index >= 15 is 0 Å². The Labute approximate surface area is 202 Å². The second-order valence-corrected chi connectivity index (χ2v) is 9.10. The van der Waals surface area contributed by atoms with Crippen LogP contribution in [0.25, 0.3) is 22.1 Å². The molecule has 1 atom stereocenters. The number of carbonyl (C=O) groups is 1. The predicted octanol–water partition coefficient (Wildman–Crippen LogP) is 5.19. The van der Waals surface area contributed by atoms with Gasteiger partial charge in [0.1, 0.15) is 5.52 Å². The molecule has 1 N–H and O–H groups in total. The lowest BCUT2D eigenvalue weighted by Gasteiger charge is -2.13. The van der Waals surface area contributed by atoms with E-state index in [1.54, 1.807) is 0 Å². The molecule has 0 aliphatic carbocycles. The fourth-order valence-corrected chi connectivity index (χ4v) is 4.69. The largest absolute Gasteiger partial charge is 0.349 e. The molecule has 5 aromatic rings. The molecule has 0 spiro atoms. The van der Waals surface area contributed by atoms with Crippen LogP contribution < -0.4 is 5.32 Å². The van der Waals surface area contributed by atoms with E-state index in [0.717, 1.165) is 40.6 Å². The highest BCUT2D eigenvalue weighted by atomic mass is 32.2. The summed E-state index contributed by atoms with van der Waals surface area (Å²) in [5.74, 6) is 0.170. The summed E-state index contributed by atoms with van der Waals surface area (Å²) in [7, 11) is 0. The van der Waals surface area contributed by atoms with Crippen molar-refractivity contribution in [3.8, 4) is 0 Å². The molecule has 0 bridgehead atoms. The Hall–Kier alpha value is -3.71.